The van der Waals surface area contributed by atoms with Gasteiger partial charge in [0, 0.05) is 16.8 Å². The Balaban J connectivity index is 1.40. The van der Waals surface area contributed by atoms with E-state index in [1.807, 2.05) is 0 Å². The van der Waals surface area contributed by atoms with Crippen LogP contribution in [0.1, 0.15) is 11.1 Å². The number of hydrogen-bond acceptors (Lipinski definition) is 7. The Kier molecular flexibility index (Phi) is 6.22. The second-order valence-corrected chi connectivity index (χ2v) is 9.95. The molecular weight excluding hydrogens is 559 g/mol. The van der Waals surface area contributed by atoms with Crippen LogP contribution < -0.4 is 25.9 Å². The number of carbonyl (C=O) groups excluding carboxylic acids is 2. The minimum Gasteiger partial charge on any atom is -0.325 e. The summed E-state index contributed by atoms with van der Waals surface area (Å²) in [4.78, 5) is 57.7. The molecule has 0 saturated heterocycles. The first kappa shape index (κ1) is 26.1. The van der Waals surface area contributed by atoms with Crippen LogP contribution in [0.5, 0.6) is 0 Å². The van der Waals surface area contributed by atoms with Crippen LogP contribution in [0.2, 0.25) is 0 Å². The maximum absolute atomic E-state index is 13.6. The minimum atomic E-state index is -4.59. The molecule has 9 nitrogen and oxygen atoms in total. The van der Waals surface area contributed by atoms with Gasteiger partial charge < -0.3 is 5.32 Å². The Labute approximate surface area is 231 Å². The van der Waals surface area contributed by atoms with Crippen molar-refractivity contribution in [2.45, 2.75) is 6.18 Å². The molecule has 0 atom stereocenters. The highest BCUT2D eigenvalue weighted by molar-refractivity contribution is 7.15. The molecule has 0 aliphatic carbocycles. The standard InChI is InChI=1S/C28H16F3N5O4S/c29-28(30,31)16-9-6-10-17(13-16)32-20(37)14-35-19-12-5-4-11-18(19)21(25(35)39)23-26(40)36-27(41-23)33-24(38)22(34-36)15-7-2-1-3-8-15/h1-13H,14H2,(H,32,37). The predicted octanol–water partition coefficient (Wildman–Crippen LogP) is 3.10. The van der Waals surface area contributed by atoms with Gasteiger partial charge in [-0.05, 0) is 24.3 Å². The second kappa shape index (κ2) is 9.78. The molecule has 2 aromatic heterocycles. The maximum atomic E-state index is 13.6. The van der Waals surface area contributed by atoms with Crippen LogP contribution in [-0.4, -0.2) is 33.0 Å². The number of fused-ring (bicyclic) bond motifs is 2. The summed E-state index contributed by atoms with van der Waals surface area (Å²) in [5.74, 6) is -1.41. The van der Waals surface area contributed by atoms with Crippen LogP contribution in [0.3, 0.4) is 0 Å². The summed E-state index contributed by atoms with van der Waals surface area (Å²) < 4.78 is 40.2. The van der Waals surface area contributed by atoms with Gasteiger partial charge in [0.2, 0.25) is 10.9 Å². The lowest BCUT2D eigenvalue weighted by atomic mass is 10.1. The van der Waals surface area contributed by atoms with Crippen molar-refractivity contribution in [1.29, 1.82) is 0 Å². The molecule has 0 fully saturated rings. The summed E-state index contributed by atoms with van der Waals surface area (Å²) in [5, 5.41) is 6.60. The van der Waals surface area contributed by atoms with Crippen LogP contribution in [0.25, 0.3) is 21.8 Å². The van der Waals surface area contributed by atoms with Crippen molar-refractivity contribution < 1.29 is 22.8 Å². The molecule has 13 heteroatoms. The third-order valence-corrected chi connectivity index (χ3v) is 7.36. The van der Waals surface area contributed by atoms with Crippen molar-refractivity contribution in [3.63, 3.8) is 0 Å². The van der Waals surface area contributed by atoms with Gasteiger partial charge in [-0.2, -0.15) is 27.8 Å². The molecule has 0 bridgehead atoms. The van der Waals surface area contributed by atoms with E-state index >= 15 is 0 Å². The molecule has 0 radical (unpaired) electrons. The average molecular weight is 576 g/mol. The lowest BCUT2D eigenvalue weighted by molar-refractivity contribution is -0.137. The summed E-state index contributed by atoms with van der Waals surface area (Å²) in [6.45, 7) is -0.527. The Morgan fingerprint density at radius 1 is 0.927 bits per heavy atom. The van der Waals surface area contributed by atoms with E-state index in [4.69, 9.17) is 0 Å². The fourth-order valence-corrected chi connectivity index (χ4v) is 5.51. The van der Waals surface area contributed by atoms with Gasteiger partial charge in [0.25, 0.3) is 11.5 Å². The van der Waals surface area contributed by atoms with Crippen molar-refractivity contribution >= 4 is 45.1 Å². The van der Waals surface area contributed by atoms with E-state index in [0.29, 0.717) is 16.8 Å². The van der Waals surface area contributed by atoms with Gasteiger partial charge in [-0.3, -0.25) is 24.1 Å². The lowest BCUT2D eigenvalue weighted by Crippen LogP contribution is -2.37. The Hall–Kier alpha value is -5.17. The first-order chi connectivity index (χ1) is 19.6. The monoisotopic (exact) mass is 575 g/mol. The number of nitrogens with one attached hydrogen (secondary N) is 1. The number of aromatic nitrogens is 3. The fourth-order valence-electron chi connectivity index (χ4n) is 4.51. The van der Waals surface area contributed by atoms with Crippen LogP contribution in [0.15, 0.2) is 88.5 Å². The second-order valence-electron chi connectivity index (χ2n) is 8.97. The number of hydrogen-bond donors (Lipinski definition) is 1. The summed E-state index contributed by atoms with van der Waals surface area (Å²) >= 11 is 0.819. The number of rotatable bonds is 4. The van der Waals surface area contributed by atoms with Crippen molar-refractivity contribution in [2.24, 2.45) is 0 Å². The third kappa shape index (κ3) is 4.65. The first-order valence-electron chi connectivity index (χ1n) is 12.0. The highest BCUT2D eigenvalue weighted by Crippen LogP contribution is 2.35. The van der Waals surface area contributed by atoms with Crippen molar-refractivity contribution in [2.75, 3.05) is 16.8 Å². The fraction of sp³-hybridized carbons (Fsp3) is 0.0714. The summed E-state index contributed by atoms with van der Waals surface area (Å²) in [6.07, 6.45) is -4.59. The molecule has 6 rings (SSSR count). The SMILES string of the molecule is O=C(CN1C(=O)C(=c2sc3nc(=O)c(-c4ccccc4)nn3c2=O)c2ccccc21)Nc1cccc(C(F)(F)F)c1. The highest BCUT2D eigenvalue weighted by atomic mass is 32.1. The van der Waals surface area contributed by atoms with Gasteiger partial charge in [-0.1, -0.05) is 65.9 Å². The molecule has 0 unspecified atom stereocenters. The minimum absolute atomic E-state index is 0.00322. The van der Waals surface area contributed by atoms with Gasteiger partial charge >= 0.3 is 11.7 Å². The van der Waals surface area contributed by atoms with Gasteiger partial charge in [-0.15, -0.1) is 0 Å². The number of nitrogens with zero attached hydrogens (tertiary/aromatic N) is 4. The number of anilines is 2. The van der Waals surface area contributed by atoms with Crippen LogP contribution in [0.4, 0.5) is 24.5 Å². The zero-order valence-corrected chi connectivity index (χ0v) is 21.5. The van der Waals surface area contributed by atoms with Crippen LogP contribution in [0, 0.1) is 0 Å². The molecule has 1 N–H and O–H groups in total. The normalized spacial score (nSPS) is 14.4. The van der Waals surface area contributed by atoms with Gasteiger partial charge in [-0.25, -0.2) is 0 Å². The number of halogens is 3. The number of amides is 2. The average Bonchev–Trinajstić information content (AvgIpc) is 3.40. The quantitative estimate of drug-likeness (QED) is 0.353. The maximum Gasteiger partial charge on any atom is 0.416 e. The first-order valence-corrected chi connectivity index (χ1v) is 12.9. The number of thiazole rings is 1. The van der Waals surface area contributed by atoms with E-state index in [1.54, 1.807) is 54.6 Å². The molecule has 0 spiro atoms. The summed E-state index contributed by atoms with van der Waals surface area (Å²) in [6, 6.07) is 19.1. The van der Waals surface area contributed by atoms with Gasteiger partial charge in [0.15, 0.2) is 5.69 Å². The molecule has 1 aliphatic heterocycles. The predicted molar refractivity (Wildman–Crippen MR) is 145 cm³/mol. The van der Waals surface area contributed by atoms with Crippen molar-refractivity contribution in [1.82, 2.24) is 14.6 Å². The smallest absolute Gasteiger partial charge is 0.325 e. The summed E-state index contributed by atoms with van der Waals surface area (Å²) in [7, 11) is 0. The largest absolute Gasteiger partial charge is 0.416 e. The molecule has 2 amide bonds. The van der Waals surface area contributed by atoms with E-state index in [2.05, 4.69) is 15.4 Å². The molecule has 3 aromatic carbocycles. The van der Waals surface area contributed by atoms with E-state index in [1.165, 1.54) is 6.07 Å². The van der Waals surface area contributed by atoms with Gasteiger partial charge in [0.1, 0.15) is 11.1 Å². The molecule has 41 heavy (non-hydrogen) atoms. The Morgan fingerprint density at radius 2 is 1.66 bits per heavy atom. The Bertz CT molecular complexity index is 2040. The molecule has 3 heterocycles. The zero-order chi connectivity index (χ0) is 28.9. The van der Waals surface area contributed by atoms with E-state index in [9.17, 15) is 32.3 Å². The van der Waals surface area contributed by atoms with Crippen LogP contribution >= 0.6 is 11.3 Å². The third-order valence-electron chi connectivity index (χ3n) is 6.33. The van der Waals surface area contributed by atoms with E-state index in [0.717, 1.165) is 39.0 Å². The molecule has 1 aliphatic rings. The van der Waals surface area contributed by atoms with E-state index < -0.39 is 41.2 Å². The van der Waals surface area contributed by atoms with Crippen LogP contribution in [-0.2, 0) is 15.8 Å². The highest BCUT2D eigenvalue weighted by Gasteiger charge is 2.36. The number of para-hydroxylation sites is 1. The van der Waals surface area contributed by atoms with Crippen molar-refractivity contribution in [3.8, 4) is 11.3 Å². The number of alkyl halides is 3. The molecule has 5 aromatic rings. The molecular formula is C28H16F3N5O4S. The Morgan fingerprint density at radius 3 is 2.41 bits per heavy atom. The van der Waals surface area contributed by atoms with E-state index in [-0.39, 0.29) is 26.4 Å². The molecule has 204 valence electrons. The zero-order valence-electron chi connectivity index (χ0n) is 20.7. The lowest BCUT2D eigenvalue weighted by Gasteiger charge is -2.17. The van der Waals surface area contributed by atoms with Crippen molar-refractivity contribution in [3.05, 3.63) is 115 Å². The number of carbonyl (C=O) groups is 2. The summed E-state index contributed by atoms with van der Waals surface area (Å²) in [5.41, 5.74) is -1.16. The van der Waals surface area contributed by atoms with Gasteiger partial charge in [0.05, 0.1) is 16.8 Å². The molecule has 0 saturated carbocycles. The topological polar surface area (TPSA) is 114 Å². The number of benzene rings is 3.